The van der Waals surface area contributed by atoms with Crippen molar-refractivity contribution in [2.45, 2.75) is 0 Å². The summed E-state index contributed by atoms with van der Waals surface area (Å²) in [4.78, 5) is 10.6. The average Bonchev–Trinajstić information content (AvgIpc) is 3.42. The molecule has 0 atom stereocenters. The Labute approximate surface area is 391 Å². The number of benzene rings is 9. The summed E-state index contributed by atoms with van der Waals surface area (Å²) in [6.45, 7) is 0. The van der Waals surface area contributed by atoms with Crippen LogP contribution in [0.2, 0.25) is 0 Å². The second kappa shape index (κ2) is 18.2. The van der Waals surface area contributed by atoms with Crippen molar-refractivity contribution in [1.29, 1.82) is 5.41 Å². The van der Waals surface area contributed by atoms with E-state index >= 15 is 0 Å². The first-order chi connectivity index (χ1) is 33.1. The summed E-state index contributed by atoms with van der Waals surface area (Å²) in [6.07, 6.45) is 2.26. The van der Waals surface area contributed by atoms with Crippen molar-refractivity contribution < 1.29 is 0 Å². The lowest BCUT2D eigenvalue weighted by molar-refractivity contribution is 1.18. The summed E-state index contributed by atoms with van der Waals surface area (Å²) >= 11 is 0. The Balaban J connectivity index is 1.09. The van der Waals surface area contributed by atoms with Gasteiger partial charge in [0.25, 0.3) is 0 Å². The molecular formula is C63H44N4. The summed E-state index contributed by atoms with van der Waals surface area (Å²) < 4.78 is 0. The van der Waals surface area contributed by atoms with Gasteiger partial charge in [-0.1, -0.05) is 218 Å². The zero-order valence-electron chi connectivity index (χ0n) is 36.6. The molecule has 2 N–H and O–H groups in total. The standard InChI is InChI=1S/C63H44N4/c64-61(47-29-15-5-16-30-47)60(46-27-13-4-14-28-46)62-55-36-20-35-54(56(55)41-57(65-62)45-25-11-3-12-26-45)49-33-19-34-50(37-49)58-42-59(67-63(66-58)48-31-17-6-18-32-48)53-39-51(43-21-7-1-8-22-43)38-52(40-53)44-23-9-2-10-24-44/h1-42,64-65H/b62-60-,64-61?. The lowest BCUT2D eigenvalue weighted by atomic mass is 9.85. The normalized spacial score (nSPS) is 12.6. The number of rotatable bonds is 10. The predicted octanol–water partition coefficient (Wildman–Crippen LogP) is 15.5. The second-order valence-electron chi connectivity index (χ2n) is 16.6. The Morgan fingerprint density at radius 3 is 1.37 bits per heavy atom. The van der Waals surface area contributed by atoms with Crippen molar-refractivity contribution in [3.8, 4) is 67.3 Å². The van der Waals surface area contributed by atoms with Gasteiger partial charge in [0.1, 0.15) is 0 Å². The monoisotopic (exact) mass is 856 g/mol. The molecule has 11 rings (SSSR count). The van der Waals surface area contributed by atoms with Crippen LogP contribution in [0.25, 0.3) is 90.3 Å². The van der Waals surface area contributed by atoms with Crippen LogP contribution < -0.4 is 5.32 Å². The van der Waals surface area contributed by atoms with Gasteiger partial charge in [0.2, 0.25) is 0 Å². The van der Waals surface area contributed by atoms with E-state index in [0.717, 1.165) is 106 Å². The minimum absolute atomic E-state index is 0.445. The Morgan fingerprint density at radius 2 is 0.776 bits per heavy atom. The molecule has 1 aliphatic rings. The van der Waals surface area contributed by atoms with Gasteiger partial charge < -0.3 is 5.32 Å². The maximum absolute atomic E-state index is 9.75. The first-order valence-electron chi connectivity index (χ1n) is 22.6. The third-order valence-corrected chi connectivity index (χ3v) is 12.3. The minimum atomic E-state index is 0.445. The van der Waals surface area contributed by atoms with Gasteiger partial charge in [0.05, 0.1) is 22.8 Å². The lowest BCUT2D eigenvalue weighted by Crippen LogP contribution is -2.20. The largest absolute Gasteiger partial charge is 0.354 e. The molecule has 0 unspecified atom stereocenters. The fraction of sp³-hybridized carbons (Fsp3) is 0. The van der Waals surface area contributed by atoms with E-state index in [1.54, 1.807) is 0 Å². The first-order valence-corrected chi connectivity index (χ1v) is 22.6. The van der Waals surface area contributed by atoms with E-state index in [-0.39, 0.29) is 0 Å². The van der Waals surface area contributed by atoms with Gasteiger partial charge in [-0.25, -0.2) is 9.97 Å². The van der Waals surface area contributed by atoms with Crippen molar-refractivity contribution in [3.05, 3.63) is 277 Å². The molecular weight excluding hydrogens is 813 g/mol. The number of aromatic nitrogens is 2. The summed E-state index contributed by atoms with van der Waals surface area (Å²) in [5.74, 6) is 0.660. The predicted molar refractivity (Wildman–Crippen MR) is 279 cm³/mol. The molecule has 0 bridgehead atoms. The number of allylic oxidation sites excluding steroid dienone is 1. The van der Waals surface area contributed by atoms with Crippen LogP contribution >= 0.6 is 0 Å². The Morgan fingerprint density at radius 1 is 0.343 bits per heavy atom. The molecule has 4 heteroatoms. The zero-order valence-corrected chi connectivity index (χ0v) is 36.6. The SMILES string of the molecule is N=C(/C(=C1\NC(c2ccccc2)=Cc2c1cccc2-c1cccc(-c2cc(-c3cc(-c4ccccc4)cc(-c4ccccc4)c3)nc(-c3ccccc3)n2)c1)c1ccccc1)c1ccccc1. The van der Waals surface area contributed by atoms with Gasteiger partial charge in [-0.2, -0.15) is 0 Å². The van der Waals surface area contributed by atoms with Crippen LogP contribution in [0.4, 0.5) is 0 Å². The van der Waals surface area contributed by atoms with Crippen molar-refractivity contribution in [2.75, 3.05) is 0 Å². The van der Waals surface area contributed by atoms with Crippen LogP contribution in [0.1, 0.15) is 27.8 Å². The average molecular weight is 857 g/mol. The molecule has 0 spiro atoms. The van der Waals surface area contributed by atoms with Crippen LogP contribution in [-0.2, 0) is 0 Å². The fourth-order valence-corrected chi connectivity index (χ4v) is 8.99. The smallest absolute Gasteiger partial charge is 0.160 e. The van der Waals surface area contributed by atoms with Gasteiger partial charge >= 0.3 is 0 Å². The zero-order chi connectivity index (χ0) is 44.9. The molecule has 10 aromatic rings. The lowest BCUT2D eigenvalue weighted by Gasteiger charge is -2.27. The molecule has 316 valence electrons. The third kappa shape index (κ3) is 8.44. The molecule has 4 nitrogen and oxygen atoms in total. The highest BCUT2D eigenvalue weighted by Crippen LogP contribution is 2.42. The Kier molecular flexibility index (Phi) is 11.1. The Bertz CT molecular complexity index is 3400. The summed E-state index contributed by atoms with van der Waals surface area (Å²) in [5, 5.41) is 13.6. The van der Waals surface area contributed by atoms with Crippen molar-refractivity contribution in [2.24, 2.45) is 0 Å². The third-order valence-electron chi connectivity index (χ3n) is 12.3. The van der Waals surface area contributed by atoms with Gasteiger partial charge in [-0.3, -0.25) is 5.41 Å². The van der Waals surface area contributed by atoms with Crippen LogP contribution in [0, 0.1) is 5.41 Å². The van der Waals surface area contributed by atoms with Crippen molar-refractivity contribution >= 4 is 28.8 Å². The summed E-state index contributed by atoms with van der Waals surface area (Å²) in [6, 6.07) is 86.1. The van der Waals surface area contributed by atoms with Crippen molar-refractivity contribution in [1.82, 2.24) is 15.3 Å². The summed E-state index contributed by atoms with van der Waals surface area (Å²) in [7, 11) is 0. The number of hydrogen-bond donors (Lipinski definition) is 2. The fourth-order valence-electron chi connectivity index (χ4n) is 8.99. The molecule has 67 heavy (non-hydrogen) atoms. The van der Waals surface area contributed by atoms with Crippen LogP contribution in [-0.4, -0.2) is 15.7 Å². The van der Waals surface area contributed by atoms with E-state index < -0.39 is 0 Å². The highest BCUT2D eigenvalue weighted by atomic mass is 14.9. The van der Waals surface area contributed by atoms with E-state index in [0.29, 0.717) is 11.5 Å². The molecule has 0 aliphatic carbocycles. The quantitative estimate of drug-likeness (QED) is 0.135. The maximum atomic E-state index is 9.75. The minimum Gasteiger partial charge on any atom is -0.354 e. The first kappa shape index (κ1) is 40.8. The number of nitrogens with one attached hydrogen (secondary N) is 2. The van der Waals surface area contributed by atoms with Gasteiger partial charge in [-0.15, -0.1) is 0 Å². The number of fused-ring (bicyclic) bond motifs is 1. The molecule has 0 saturated carbocycles. The van der Waals surface area contributed by atoms with E-state index in [1.807, 2.05) is 72.8 Å². The van der Waals surface area contributed by atoms with Crippen LogP contribution in [0.3, 0.4) is 0 Å². The topological polar surface area (TPSA) is 61.7 Å². The van der Waals surface area contributed by atoms with Crippen LogP contribution in [0.5, 0.6) is 0 Å². The Hall–Kier alpha value is -8.99. The maximum Gasteiger partial charge on any atom is 0.160 e. The molecule has 0 radical (unpaired) electrons. The van der Waals surface area contributed by atoms with Gasteiger partial charge in [0.15, 0.2) is 5.82 Å². The molecule has 0 amide bonds. The summed E-state index contributed by atoms with van der Waals surface area (Å²) in [5.41, 5.74) is 19.3. The van der Waals surface area contributed by atoms with Crippen LogP contribution in [0.15, 0.2) is 249 Å². The molecule has 1 aromatic heterocycles. The van der Waals surface area contributed by atoms with Gasteiger partial charge in [-0.05, 0) is 86.5 Å². The van der Waals surface area contributed by atoms with E-state index in [2.05, 4.69) is 187 Å². The van der Waals surface area contributed by atoms with Gasteiger partial charge in [0, 0.05) is 39.1 Å². The number of nitrogens with zero attached hydrogens (tertiary/aromatic N) is 2. The molecule has 0 fully saturated rings. The molecule has 2 heterocycles. The highest BCUT2D eigenvalue weighted by molar-refractivity contribution is 6.36. The second-order valence-corrected chi connectivity index (χ2v) is 16.6. The van der Waals surface area contributed by atoms with E-state index in [9.17, 15) is 5.41 Å². The van der Waals surface area contributed by atoms with Crippen molar-refractivity contribution in [3.63, 3.8) is 0 Å². The molecule has 0 saturated heterocycles. The number of hydrogen-bond acceptors (Lipinski definition) is 4. The van der Waals surface area contributed by atoms with E-state index in [1.165, 1.54) is 0 Å². The molecule has 1 aliphatic heterocycles. The van der Waals surface area contributed by atoms with E-state index in [4.69, 9.17) is 9.97 Å². The highest BCUT2D eigenvalue weighted by Gasteiger charge is 2.26. The molecule has 9 aromatic carbocycles.